The number of nitrogens with one attached hydrogen (secondary N) is 2. The van der Waals surface area contributed by atoms with Gasteiger partial charge in [0.15, 0.2) is 0 Å². The van der Waals surface area contributed by atoms with Crippen molar-refractivity contribution in [2.24, 2.45) is 0 Å². The molecule has 0 aliphatic heterocycles. The molecule has 0 bridgehead atoms. The van der Waals surface area contributed by atoms with Gasteiger partial charge in [0.25, 0.3) is 0 Å². The highest BCUT2D eigenvalue weighted by Gasteiger charge is 2.22. The zero-order chi connectivity index (χ0) is 26.7. The Morgan fingerprint density at radius 2 is 1.73 bits per heavy atom. The van der Waals surface area contributed by atoms with Crippen molar-refractivity contribution in [1.29, 1.82) is 0 Å². The monoisotopic (exact) mass is 500 g/mol. The van der Waals surface area contributed by atoms with Crippen molar-refractivity contribution >= 4 is 17.0 Å². The van der Waals surface area contributed by atoms with Crippen LogP contribution in [0.1, 0.15) is 48.7 Å². The van der Waals surface area contributed by atoms with Gasteiger partial charge in [0.1, 0.15) is 18.0 Å². The Kier molecular flexibility index (Phi) is 7.52. The number of aromatic nitrogens is 3. The lowest BCUT2D eigenvalue weighted by atomic mass is 9.94. The number of amides is 1. The third-order valence-corrected chi connectivity index (χ3v) is 6.25. The van der Waals surface area contributed by atoms with Gasteiger partial charge in [-0.05, 0) is 95.3 Å². The summed E-state index contributed by atoms with van der Waals surface area (Å²) in [6.07, 6.45) is 3.68. The van der Waals surface area contributed by atoms with Gasteiger partial charge in [-0.15, -0.1) is 0 Å². The van der Waals surface area contributed by atoms with E-state index in [9.17, 15) is 4.79 Å². The number of rotatable bonds is 7. The van der Waals surface area contributed by atoms with Crippen LogP contribution in [0.4, 0.5) is 4.79 Å². The zero-order valence-electron chi connectivity index (χ0n) is 22.7. The quantitative estimate of drug-likeness (QED) is 0.308. The predicted octanol–water partition coefficient (Wildman–Crippen LogP) is 6.37. The molecule has 0 aliphatic carbocycles. The molecular formula is C30H36N4O3. The van der Waals surface area contributed by atoms with Crippen LogP contribution in [0.25, 0.3) is 22.0 Å². The van der Waals surface area contributed by atoms with Gasteiger partial charge in [-0.1, -0.05) is 23.8 Å². The Hall–Kier alpha value is -3.87. The molecule has 0 saturated carbocycles. The third kappa shape index (κ3) is 6.67. The second-order valence-corrected chi connectivity index (χ2v) is 10.7. The second-order valence-electron chi connectivity index (χ2n) is 10.7. The zero-order valence-corrected chi connectivity index (χ0v) is 22.7. The summed E-state index contributed by atoms with van der Waals surface area (Å²) >= 11 is 0. The molecule has 7 heteroatoms. The molecule has 2 heterocycles. The molecule has 0 unspecified atom stereocenters. The van der Waals surface area contributed by atoms with Crippen LogP contribution in [-0.4, -0.2) is 39.5 Å². The first-order valence-corrected chi connectivity index (χ1v) is 12.6. The molecule has 4 rings (SSSR count). The van der Waals surface area contributed by atoms with Crippen LogP contribution >= 0.6 is 0 Å². The summed E-state index contributed by atoms with van der Waals surface area (Å²) < 4.78 is 11.7. The largest absolute Gasteiger partial charge is 0.490 e. The van der Waals surface area contributed by atoms with E-state index in [2.05, 4.69) is 59.5 Å². The van der Waals surface area contributed by atoms with Crippen LogP contribution in [0.15, 0.2) is 48.8 Å². The van der Waals surface area contributed by atoms with Gasteiger partial charge in [0.05, 0.1) is 17.8 Å². The van der Waals surface area contributed by atoms with Crippen molar-refractivity contribution in [2.45, 2.75) is 66.5 Å². The number of fused-ring (bicyclic) bond motifs is 1. The maximum Gasteiger partial charge on any atom is 0.408 e. The molecule has 1 amide bonds. The predicted molar refractivity (Wildman–Crippen MR) is 147 cm³/mol. The average Bonchev–Trinajstić information content (AvgIpc) is 3.18. The number of aromatic amines is 1. The Morgan fingerprint density at radius 1 is 1.00 bits per heavy atom. The van der Waals surface area contributed by atoms with E-state index < -0.39 is 11.7 Å². The first kappa shape index (κ1) is 26.2. The van der Waals surface area contributed by atoms with E-state index in [1.54, 1.807) is 6.20 Å². The molecule has 2 aromatic heterocycles. The minimum absolute atomic E-state index is 0.275. The number of hydrogen-bond donors (Lipinski definition) is 2. The highest BCUT2D eigenvalue weighted by molar-refractivity contribution is 5.86. The molecule has 2 aromatic carbocycles. The molecular weight excluding hydrogens is 464 g/mol. The van der Waals surface area contributed by atoms with Crippen LogP contribution in [0.5, 0.6) is 5.75 Å². The number of hydrogen-bond acceptors (Lipinski definition) is 5. The lowest BCUT2D eigenvalue weighted by Crippen LogP contribution is -2.43. The Bertz CT molecular complexity index is 1400. The summed E-state index contributed by atoms with van der Waals surface area (Å²) in [6.45, 7) is 14.1. The highest BCUT2D eigenvalue weighted by Crippen LogP contribution is 2.27. The molecule has 0 aliphatic rings. The number of pyridine rings is 1. The van der Waals surface area contributed by atoms with E-state index >= 15 is 0 Å². The van der Waals surface area contributed by atoms with Crippen molar-refractivity contribution in [2.75, 3.05) is 6.61 Å². The van der Waals surface area contributed by atoms with E-state index in [1.165, 1.54) is 22.3 Å². The number of alkyl carbamates (subject to hydrolysis) is 1. The van der Waals surface area contributed by atoms with Crippen molar-refractivity contribution < 1.29 is 14.3 Å². The molecule has 194 valence electrons. The molecule has 0 fully saturated rings. The van der Waals surface area contributed by atoms with Crippen molar-refractivity contribution in [3.8, 4) is 16.9 Å². The summed E-state index contributed by atoms with van der Waals surface area (Å²) in [6, 6.07) is 12.1. The van der Waals surface area contributed by atoms with Gasteiger partial charge >= 0.3 is 6.09 Å². The molecule has 4 aromatic rings. The minimum atomic E-state index is -0.585. The van der Waals surface area contributed by atoms with E-state index in [-0.39, 0.29) is 12.6 Å². The fraction of sp³-hybridized carbons (Fsp3) is 0.367. The number of carbonyl (C=O) groups is 1. The fourth-order valence-corrected chi connectivity index (χ4v) is 4.57. The molecule has 37 heavy (non-hydrogen) atoms. The number of carbonyl (C=O) groups excluding carboxylic acids is 1. The Morgan fingerprint density at radius 3 is 2.43 bits per heavy atom. The standard InChI is InChI=1S/C30H36N4O3/c1-18-10-19(2)26(20(3)11-18)14-24(32-29(35)37-30(5,6)7)17-36-25-12-23(15-31-16-25)22-8-9-28-27(13-22)21(4)33-34-28/h8-13,15-16,24H,14,17H2,1-7H3,(H,32,35)(H,33,34)/t24-/m0/s1. The molecule has 1 atom stereocenters. The van der Waals surface area contributed by atoms with Crippen LogP contribution in [-0.2, 0) is 11.2 Å². The van der Waals surface area contributed by atoms with Crippen molar-refractivity contribution in [3.63, 3.8) is 0 Å². The second kappa shape index (κ2) is 10.6. The minimum Gasteiger partial charge on any atom is -0.490 e. The highest BCUT2D eigenvalue weighted by atomic mass is 16.6. The first-order valence-electron chi connectivity index (χ1n) is 12.6. The van der Waals surface area contributed by atoms with Gasteiger partial charge < -0.3 is 14.8 Å². The lowest BCUT2D eigenvalue weighted by Gasteiger charge is -2.25. The van der Waals surface area contributed by atoms with E-state index in [1.807, 2.05) is 52.1 Å². The number of nitrogens with zero attached hydrogens (tertiary/aromatic N) is 2. The van der Waals surface area contributed by atoms with E-state index in [0.717, 1.165) is 27.7 Å². The Labute approximate surface area is 218 Å². The van der Waals surface area contributed by atoms with E-state index in [0.29, 0.717) is 12.2 Å². The number of ether oxygens (including phenoxy) is 2. The average molecular weight is 501 g/mol. The van der Waals surface area contributed by atoms with Crippen LogP contribution < -0.4 is 10.1 Å². The van der Waals surface area contributed by atoms with Crippen molar-refractivity contribution in [3.05, 3.63) is 76.7 Å². The molecule has 2 N–H and O–H groups in total. The van der Waals surface area contributed by atoms with E-state index in [4.69, 9.17) is 9.47 Å². The van der Waals surface area contributed by atoms with Crippen LogP contribution in [0.2, 0.25) is 0 Å². The maximum atomic E-state index is 12.6. The number of H-pyrrole nitrogens is 1. The van der Waals surface area contributed by atoms with Gasteiger partial charge in [-0.2, -0.15) is 5.10 Å². The first-order chi connectivity index (χ1) is 17.5. The topological polar surface area (TPSA) is 89.1 Å². The van der Waals surface area contributed by atoms with Gasteiger partial charge in [-0.3, -0.25) is 10.1 Å². The summed E-state index contributed by atoms with van der Waals surface area (Å²) in [7, 11) is 0. The molecule has 0 saturated heterocycles. The fourth-order valence-electron chi connectivity index (χ4n) is 4.57. The molecule has 0 radical (unpaired) electrons. The number of aryl methyl sites for hydroxylation is 4. The van der Waals surface area contributed by atoms with Crippen LogP contribution in [0, 0.1) is 27.7 Å². The van der Waals surface area contributed by atoms with Gasteiger partial charge in [-0.25, -0.2) is 4.79 Å². The smallest absolute Gasteiger partial charge is 0.408 e. The van der Waals surface area contributed by atoms with Crippen LogP contribution in [0.3, 0.4) is 0 Å². The summed E-state index contributed by atoms with van der Waals surface area (Å²) in [5.74, 6) is 0.634. The van der Waals surface area contributed by atoms with Gasteiger partial charge in [0.2, 0.25) is 0 Å². The van der Waals surface area contributed by atoms with Crippen molar-refractivity contribution in [1.82, 2.24) is 20.5 Å². The summed E-state index contributed by atoms with van der Waals surface area (Å²) in [4.78, 5) is 17.0. The summed E-state index contributed by atoms with van der Waals surface area (Å²) in [5.41, 5.74) is 8.16. The lowest BCUT2D eigenvalue weighted by molar-refractivity contribution is 0.0487. The Balaban J connectivity index is 1.54. The molecule has 0 spiro atoms. The maximum absolute atomic E-state index is 12.6. The normalized spacial score (nSPS) is 12.4. The van der Waals surface area contributed by atoms with Gasteiger partial charge in [0, 0.05) is 22.8 Å². The third-order valence-electron chi connectivity index (χ3n) is 6.25. The molecule has 7 nitrogen and oxygen atoms in total. The SMILES string of the molecule is Cc1cc(C)c(C[C@@H](COc2cncc(-c3ccc4n[nH]c(C)c4c3)c2)NC(=O)OC(C)(C)C)c(C)c1. The summed E-state index contributed by atoms with van der Waals surface area (Å²) in [5, 5.41) is 11.4. The number of benzene rings is 2.